The molecule has 2 aromatic carbocycles. The van der Waals surface area contributed by atoms with Crippen molar-refractivity contribution in [3.05, 3.63) is 59.7 Å². The zero-order valence-corrected chi connectivity index (χ0v) is 48.4. The first-order valence-corrected chi connectivity index (χ1v) is 28.5. The average Bonchev–Trinajstić information content (AvgIpc) is 1.71. The Kier molecular flexibility index (Phi) is 29.7. The highest BCUT2D eigenvalue weighted by molar-refractivity contribution is 7.98. The molecule has 0 spiro atoms. The number of amides is 9. The van der Waals surface area contributed by atoms with Crippen molar-refractivity contribution >= 4 is 101 Å². The van der Waals surface area contributed by atoms with Gasteiger partial charge in [0, 0.05) is 31.8 Å². The fraction of sp³-hybridized carbons (Fsp3) is 0.491. The minimum absolute atomic E-state index is 0.0138. The Morgan fingerprint density at radius 1 is 0.494 bits per heavy atom. The van der Waals surface area contributed by atoms with Crippen molar-refractivity contribution in [3.63, 3.8) is 0 Å². The largest absolute Gasteiger partial charge is 0.481 e. The van der Waals surface area contributed by atoms with Gasteiger partial charge in [0.05, 0.1) is 12.8 Å². The van der Waals surface area contributed by atoms with Gasteiger partial charge in [-0.2, -0.15) is 11.8 Å². The smallest absolute Gasteiger partial charge is 0.407 e. The van der Waals surface area contributed by atoms with Crippen molar-refractivity contribution in [2.24, 2.45) is 38.7 Å². The van der Waals surface area contributed by atoms with Crippen molar-refractivity contribution in [2.75, 3.05) is 31.7 Å². The van der Waals surface area contributed by atoms with E-state index >= 15 is 0 Å². The number of aliphatic imine (C=N–C) groups is 2. The number of hydrogen-bond donors (Lipinski definition) is 17. The monoisotopic (exact) mass is 1240 g/mol. The second-order valence-electron chi connectivity index (χ2n) is 19.8. The van der Waals surface area contributed by atoms with Gasteiger partial charge in [0.2, 0.25) is 47.3 Å². The molecule has 0 saturated heterocycles. The fourth-order valence-corrected chi connectivity index (χ4v) is 9.20. The fourth-order valence-electron chi connectivity index (χ4n) is 8.73. The van der Waals surface area contributed by atoms with Crippen molar-refractivity contribution in [2.45, 2.75) is 132 Å². The first-order chi connectivity index (χ1) is 41.1. The molecular weight excluding hydrogens is 1170 g/mol. The van der Waals surface area contributed by atoms with Crippen LogP contribution in [0.2, 0.25) is 0 Å². The van der Waals surface area contributed by atoms with E-state index in [2.05, 4.69) is 47.2 Å². The molecule has 0 saturated carbocycles. The molecule has 33 nitrogen and oxygen atoms in total. The zero-order chi connectivity index (χ0) is 64.9. The summed E-state index contributed by atoms with van der Waals surface area (Å²) in [5, 5.41) is 56.2. The predicted molar refractivity (Wildman–Crippen MR) is 311 cm³/mol. The summed E-state index contributed by atoms with van der Waals surface area (Å²) in [5.41, 5.74) is 30.9. The number of primary amides is 1. The van der Waals surface area contributed by atoms with Crippen LogP contribution in [0, 0.1) is 0 Å². The lowest BCUT2D eigenvalue weighted by Gasteiger charge is -2.27. The summed E-state index contributed by atoms with van der Waals surface area (Å²) in [6, 6.07) is 1.44. The minimum Gasteiger partial charge on any atom is -0.481 e. The second kappa shape index (κ2) is 36.2. The van der Waals surface area contributed by atoms with Crippen LogP contribution in [-0.4, -0.2) is 190 Å². The van der Waals surface area contributed by atoms with Crippen LogP contribution in [0.1, 0.15) is 94.6 Å². The lowest BCUT2D eigenvalue weighted by Crippen LogP contribution is -2.60. The first-order valence-electron chi connectivity index (χ1n) is 27.1. The maximum absolute atomic E-state index is 14.2. The highest BCUT2D eigenvalue weighted by Gasteiger charge is 2.36. The summed E-state index contributed by atoms with van der Waals surface area (Å²) in [5.74, 6) is -15.9. The van der Waals surface area contributed by atoms with Gasteiger partial charge in [-0.3, -0.25) is 62.7 Å². The Labute approximate surface area is 502 Å². The summed E-state index contributed by atoms with van der Waals surface area (Å²) in [6.07, 6.45) is -4.65. The maximum Gasteiger partial charge on any atom is 0.407 e. The van der Waals surface area contributed by atoms with E-state index in [-0.39, 0.29) is 69.5 Å². The molecule has 476 valence electrons. The van der Waals surface area contributed by atoms with E-state index < -0.39 is 170 Å². The van der Waals surface area contributed by atoms with Crippen molar-refractivity contribution < 1.29 is 87.5 Å². The van der Waals surface area contributed by atoms with Crippen LogP contribution in [0.15, 0.2) is 58.5 Å². The summed E-state index contributed by atoms with van der Waals surface area (Å²) in [6.45, 7) is 0.761. The number of ether oxygens (including phenoxy) is 1. The molecule has 0 bridgehead atoms. The van der Waals surface area contributed by atoms with Gasteiger partial charge in [-0.1, -0.05) is 48.5 Å². The summed E-state index contributed by atoms with van der Waals surface area (Å²) >= 11 is 1.20. The normalized spacial score (nSPS) is 14.0. The molecule has 87 heavy (non-hydrogen) atoms. The Morgan fingerprint density at radius 2 is 0.885 bits per heavy atom. The van der Waals surface area contributed by atoms with Crippen molar-refractivity contribution in [3.8, 4) is 11.1 Å². The van der Waals surface area contributed by atoms with E-state index in [0.29, 0.717) is 0 Å². The Hall–Kier alpha value is -9.76. The number of carbonyl (C=O) groups is 13. The molecule has 9 amide bonds. The van der Waals surface area contributed by atoms with E-state index in [1.165, 1.54) is 11.8 Å². The van der Waals surface area contributed by atoms with Gasteiger partial charge in [0.15, 0.2) is 11.9 Å². The van der Waals surface area contributed by atoms with Gasteiger partial charge in [0.1, 0.15) is 54.9 Å². The van der Waals surface area contributed by atoms with E-state index in [9.17, 15) is 77.6 Å². The highest BCUT2D eigenvalue weighted by atomic mass is 32.2. The topological polar surface area (TPSA) is 563 Å². The van der Waals surface area contributed by atoms with Crippen LogP contribution in [0.3, 0.4) is 0 Å². The Morgan fingerprint density at radius 3 is 1.30 bits per heavy atom. The third-order valence-corrected chi connectivity index (χ3v) is 13.7. The lowest BCUT2D eigenvalue weighted by molar-refractivity contribution is -0.147. The van der Waals surface area contributed by atoms with Crippen LogP contribution in [0.5, 0.6) is 0 Å². The summed E-state index contributed by atoms with van der Waals surface area (Å²) in [4.78, 5) is 177. The zero-order valence-electron chi connectivity index (χ0n) is 47.6. The molecule has 1 aliphatic rings. The molecule has 0 radical (unpaired) electrons. The maximum atomic E-state index is 14.2. The van der Waals surface area contributed by atoms with Crippen molar-refractivity contribution in [1.29, 1.82) is 0 Å². The third kappa shape index (κ3) is 25.2. The number of benzene rings is 2. The molecule has 8 atom stereocenters. The van der Waals surface area contributed by atoms with Gasteiger partial charge in [-0.25, -0.2) is 9.59 Å². The Balaban J connectivity index is 1.88. The summed E-state index contributed by atoms with van der Waals surface area (Å²) in [7, 11) is 0. The molecule has 0 heterocycles. The van der Waals surface area contributed by atoms with E-state index in [0.717, 1.165) is 29.2 Å². The molecule has 0 aliphatic heterocycles. The lowest BCUT2D eigenvalue weighted by atomic mass is 9.98. The van der Waals surface area contributed by atoms with Crippen LogP contribution in [0.25, 0.3) is 11.1 Å². The number of hydrogen-bond acceptors (Lipinski definition) is 17. The molecule has 0 fully saturated rings. The minimum atomic E-state index is -1.90. The van der Waals surface area contributed by atoms with Crippen LogP contribution >= 0.6 is 11.8 Å². The number of carboxylic acids is 4. The number of guanidine groups is 2. The van der Waals surface area contributed by atoms with Gasteiger partial charge in [0.25, 0.3) is 0 Å². The predicted octanol–water partition coefficient (Wildman–Crippen LogP) is -3.67. The van der Waals surface area contributed by atoms with Crippen LogP contribution < -0.4 is 71.2 Å². The number of nitrogens with one attached hydrogen (secondary N) is 8. The molecule has 34 heteroatoms. The summed E-state index contributed by atoms with van der Waals surface area (Å²) < 4.78 is 5.56. The first kappa shape index (κ1) is 71.5. The Bertz CT molecular complexity index is 2840. The highest BCUT2D eigenvalue weighted by Crippen LogP contribution is 2.44. The molecule has 22 N–H and O–H groups in total. The number of rotatable bonds is 39. The quantitative estimate of drug-likeness (QED) is 0.0174. The SMILES string of the molecule is CSCC[C@H](NC(=O)[C@H](CCC(=O)O)NC(=O)[C@H](CCC(=O)O)NC(=O)OCC1c2ccccc2-c2ccccc21)C(=O)N[C@@H](CC(N)=O)C(=O)N[C@@H](CCCN=C(N)N)C(=O)N[C@@H](CCCN=C(N)N)C(=O)N[C@@H](C)C(=O)N[C@@H](CC(=O)O)C(=O)O. The number of nitrogens with zero attached hydrogens (tertiary/aromatic N) is 2. The number of thioether (sulfide) groups is 1. The van der Waals surface area contributed by atoms with Gasteiger partial charge >= 0.3 is 30.0 Å². The number of aliphatic carboxylic acids is 4. The molecule has 0 unspecified atom stereocenters. The molecular formula is C53H75N15O18S. The second-order valence-corrected chi connectivity index (χ2v) is 20.8. The van der Waals surface area contributed by atoms with Crippen LogP contribution in [-0.2, 0) is 62.3 Å². The molecule has 2 aromatic rings. The number of nitrogens with two attached hydrogens (primary N) is 5. The molecule has 0 aromatic heterocycles. The van der Waals surface area contributed by atoms with Gasteiger partial charge < -0.3 is 96.4 Å². The van der Waals surface area contributed by atoms with Crippen LogP contribution in [0.4, 0.5) is 4.79 Å². The average molecular weight is 1240 g/mol. The van der Waals surface area contributed by atoms with Crippen molar-refractivity contribution in [1.82, 2.24) is 42.5 Å². The third-order valence-electron chi connectivity index (χ3n) is 13.1. The number of carbonyl (C=O) groups excluding carboxylic acids is 9. The standard InChI is InChI=1S/C53H75N15O18S/c1-26(43(76)67-38(50(83)84)24-42(74)75)61-44(77)32(13-7-20-59-51(55)56)62-45(78)33(14-8-21-60-52(57)58)63-49(82)37(23-39(54)69)66-48(81)36(19-22-87-2)65-46(79)34(15-17-40(70)71)64-47(80)35(16-18-41(72)73)68-53(85)86-25-31-29-11-5-3-9-27(29)28-10-4-6-12-30(28)31/h3-6,9-12,26,31-38H,7-8,13-25H2,1-2H3,(H2,54,69)(H,61,77)(H,62,78)(H,63,82)(H,64,80)(H,65,79)(H,66,81)(H,67,76)(H,68,85)(H,70,71)(H,72,73)(H,74,75)(H,83,84)(H4,55,56,59)(H4,57,58,60)/t26-,32-,33-,34-,35-,36-,37-,38-/m0/s1. The van der Waals surface area contributed by atoms with Gasteiger partial charge in [-0.15, -0.1) is 0 Å². The van der Waals surface area contributed by atoms with E-state index in [1.807, 2.05) is 53.8 Å². The number of fused-ring (bicyclic) bond motifs is 3. The number of alkyl carbamates (subject to hydrolysis) is 1. The van der Waals surface area contributed by atoms with E-state index in [4.69, 9.17) is 38.5 Å². The molecule has 3 rings (SSSR count). The van der Waals surface area contributed by atoms with E-state index in [1.54, 1.807) is 6.26 Å². The number of carboxylic acid groups (broad SMARTS) is 4. The van der Waals surface area contributed by atoms with Gasteiger partial charge in [-0.05, 0) is 86.1 Å². The molecule has 1 aliphatic carbocycles.